The highest BCUT2D eigenvalue weighted by Gasteiger charge is 2.01. The van der Waals surface area contributed by atoms with E-state index < -0.39 is 0 Å². The first-order chi connectivity index (χ1) is 11.6. The second-order valence-electron chi connectivity index (χ2n) is 5.61. The molecule has 0 spiro atoms. The van der Waals surface area contributed by atoms with Crippen molar-refractivity contribution in [2.24, 2.45) is 19.3 Å². The number of hydrogen-bond donors (Lipinski definition) is 1. The minimum Gasteiger partial charge on any atom is -1.00 e. The molecule has 0 aliphatic rings. The van der Waals surface area contributed by atoms with Gasteiger partial charge >= 0.3 is 0 Å². The van der Waals surface area contributed by atoms with Gasteiger partial charge in [-0.15, -0.1) is 0 Å². The van der Waals surface area contributed by atoms with Crippen LogP contribution < -0.4 is 57.1 Å². The summed E-state index contributed by atoms with van der Waals surface area (Å²) in [5.41, 5.74) is 4.71. The van der Waals surface area contributed by atoms with Crippen molar-refractivity contribution in [2.75, 3.05) is 0 Å². The number of nitrogens with zero attached hydrogens (tertiary/aromatic N) is 3. The monoisotopic (exact) mass is 575 g/mol. The molecule has 0 saturated carbocycles. The molecule has 4 nitrogen and oxygen atoms in total. The van der Waals surface area contributed by atoms with Gasteiger partial charge in [-0.25, -0.2) is 9.13 Å². The van der Waals surface area contributed by atoms with E-state index in [0.717, 1.165) is 5.69 Å². The minimum atomic E-state index is 0. The first kappa shape index (κ1) is 24.5. The van der Waals surface area contributed by atoms with E-state index in [1.54, 1.807) is 0 Å². The normalized spacial score (nSPS) is 9.50. The Morgan fingerprint density at radius 2 is 1.62 bits per heavy atom. The smallest absolute Gasteiger partial charge is 0.226 e. The summed E-state index contributed by atoms with van der Waals surface area (Å²) in [6, 6.07) is 18.4. The summed E-state index contributed by atoms with van der Waals surface area (Å²) in [5, 5.41) is 11.1. The lowest BCUT2D eigenvalue weighted by molar-refractivity contribution is -0.672. The molecule has 0 bridgehead atoms. The molecule has 0 aliphatic carbocycles. The third kappa shape index (κ3) is 7.77. The van der Waals surface area contributed by atoms with Crippen LogP contribution in [0, 0.1) is 6.92 Å². The number of halogens is 2. The largest absolute Gasteiger partial charge is 1.00 e. The maximum Gasteiger partial charge on any atom is 0.226 e. The molecule has 6 heteroatoms. The van der Waals surface area contributed by atoms with Crippen molar-refractivity contribution in [1.82, 2.24) is 0 Å². The van der Waals surface area contributed by atoms with Gasteiger partial charge in [0.15, 0.2) is 18.6 Å². The number of aromatic nitrogens is 2. The van der Waals surface area contributed by atoms with Crippen molar-refractivity contribution < 1.29 is 62.3 Å². The number of hydrogen-bond acceptors (Lipinski definition) is 2. The fraction of sp³-hybridized carbons (Fsp3) is 0.150. The summed E-state index contributed by atoms with van der Waals surface area (Å²) in [7, 11) is 3.93. The van der Waals surface area contributed by atoms with Crippen LogP contribution in [0.4, 0.5) is 0 Å². The lowest BCUT2D eigenvalue weighted by Crippen LogP contribution is -3.00. The van der Waals surface area contributed by atoms with Crippen LogP contribution in [0.5, 0.6) is 0 Å². The van der Waals surface area contributed by atoms with E-state index in [2.05, 4.69) is 59.2 Å². The Morgan fingerprint density at radius 1 is 0.885 bits per heavy atom. The van der Waals surface area contributed by atoms with Gasteiger partial charge in [-0.05, 0) is 24.6 Å². The topological polar surface area (TPSA) is 40.4 Å². The summed E-state index contributed by atoms with van der Waals surface area (Å²) < 4.78 is 3.93. The molecule has 0 aliphatic heterocycles. The van der Waals surface area contributed by atoms with Gasteiger partial charge in [0.25, 0.3) is 0 Å². The zero-order valence-corrected chi connectivity index (χ0v) is 19.4. The van der Waals surface area contributed by atoms with Gasteiger partial charge in [-0.3, -0.25) is 0 Å². The molecule has 0 amide bonds. The Hall–Kier alpha value is -1.55. The summed E-state index contributed by atoms with van der Waals surface area (Å²) >= 11 is 0. The first-order valence-electron chi connectivity index (χ1n) is 7.74. The summed E-state index contributed by atoms with van der Waals surface area (Å²) in [6.45, 7) is 2.12. The third-order valence-corrected chi connectivity index (χ3v) is 3.58. The zero-order valence-electron chi connectivity index (χ0n) is 15.1. The number of benzene rings is 1. The van der Waals surface area contributed by atoms with Crippen LogP contribution >= 0.6 is 0 Å². The van der Waals surface area contributed by atoms with Crippen molar-refractivity contribution in [3.05, 3.63) is 84.4 Å². The van der Waals surface area contributed by atoms with Crippen LogP contribution in [0.1, 0.15) is 11.3 Å². The first-order valence-corrected chi connectivity index (χ1v) is 7.74. The average molecular weight is 575 g/mol. The van der Waals surface area contributed by atoms with Crippen LogP contribution in [-0.4, -0.2) is 11.4 Å². The molecule has 0 unspecified atom stereocenters. The van der Waals surface area contributed by atoms with E-state index in [9.17, 15) is 0 Å². The SMILES string of the molecule is C[n+]1ccccc1C=NO.Cc1cccc(-c2ccc[n+](C)c2)c1.[I-].[I-]. The Kier molecular flexibility index (Phi) is 12.0. The maximum atomic E-state index is 8.20. The van der Waals surface area contributed by atoms with E-state index in [1.165, 1.54) is 22.9 Å². The molecular formula is C20H23I2N3O. The number of aryl methyl sites for hydroxylation is 3. The molecule has 1 N–H and O–H groups in total. The molecule has 26 heavy (non-hydrogen) atoms. The van der Waals surface area contributed by atoms with Crippen molar-refractivity contribution in [2.45, 2.75) is 6.92 Å². The minimum absolute atomic E-state index is 0. The van der Waals surface area contributed by atoms with Crippen LogP contribution in [0.25, 0.3) is 11.1 Å². The lowest BCUT2D eigenvalue weighted by Gasteiger charge is -2.00. The molecule has 138 valence electrons. The van der Waals surface area contributed by atoms with Gasteiger partial charge < -0.3 is 53.2 Å². The quantitative estimate of drug-likeness (QED) is 0.113. The molecule has 1 aromatic carbocycles. The molecule has 3 rings (SSSR count). The van der Waals surface area contributed by atoms with E-state index in [1.807, 2.05) is 49.3 Å². The van der Waals surface area contributed by atoms with Gasteiger partial charge in [-0.1, -0.05) is 35.0 Å². The molecule has 0 fully saturated rings. The van der Waals surface area contributed by atoms with Crippen molar-refractivity contribution >= 4 is 6.21 Å². The van der Waals surface area contributed by atoms with Crippen LogP contribution in [-0.2, 0) is 14.1 Å². The Balaban J connectivity index is 0.000000469. The third-order valence-electron chi connectivity index (χ3n) is 3.58. The summed E-state index contributed by atoms with van der Waals surface area (Å²) in [5.74, 6) is 0. The number of oxime groups is 1. The van der Waals surface area contributed by atoms with Crippen LogP contribution in [0.15, 0.2) is 78.3 Å². The molecule has 3 aromatic rings. The second-order valence-corrected chi connectivity index (χ2v) is 5.61. The van der Waals surface area contributed by atoms with Crippen molar-refractivity contribution in [1.29, 1.82) is 0 Å². The highest BCUT2D eigenvalue weighted by atomic mass is 127. The van der Waals surface area contributed by atoms with Crippen LogP contribution in [0.3, 0.4) is 0 Å². The van der Waals surface area contributed by atoms with E-state index in [4.69, 9.17) is 5.21 Å². The van der Waals surface area contributed by atoms with E-state index >= 15 is 0 Å². The predicted octanol–water partition coefficient (Wildman–Crippen LogP) is -3.19. The highest BCUT2D eigenvalue weighted by Crippen LogP contribution is 2.17. The van der Waals surface area contributed by atoms with Gasteiger partial charge in [-0.2, -0.15) is 0 Å². The molecule has 0 atom stereocenters. The van der Waals surface area contributed by atoms with Crippen molar-refractivity contribution in [3.63, 3.8) is 0 Å². The number of rotatable bonds is 2. The van der Waals surface area contributed by atoms with Crippen LogP contribution in [0.2, 0.25) is 0 Å². The highest BCUT2D eigenvalue weighted by molar-refractivity contribution is 5.74. The Labute approximate surface area is 189 Å². The van der Waals surface area contributed by atoms with Gasteiger partial charge in [0, 0.05) is 23.8 Å². The zero-order chi connectivity index (χ0) is 17.4. The average Bonchev–Trinajstić information content (AvgIpc) is 2.58. The van der Waals surface area contributed by atoms with Gasteiger partial charge in [0.05, 0.1) is 0 Å². The molecule has 2 aromatic heterocycles. The van der Waals surface area contributed by atoms with E-state index in [-0.39, 0.29) is 48.0 Å². The fourth-order valence-electron chi connectivity index (χ4n) is 2.31. The summed E-state index contributed by atoms with van der Waals surface area (Å²) in [6.07, 6.45) is 7.45. The summed E-state index contributed by atoms with van der Waals surface area (Å²) in [4.78, 5) is 0. The predicted molar refractivity (Wildman–Crippen MR) is 94.8 cm³/mol. The van der Waals surface area contributed by atoms with E-state index in [0.29, 0.717) is 0 Å². The van der Waals surface area contributed by atoms with Gasteiger partial charge in [0.1, 0.15) is 20.3 Å². The second kappa shape index (κ2) is 12.7. The standard InChI is InChI=1S/C13H14N.C7H8N2O.2HI/c1-11-5-3-6-12(9-11)13-7-4-8-14(2)10-13;1-9-5-3-2-4-7(9)6-8-10;;/h3-10H,1-2H3;2-6H,1H3;2*1H/q+1;;;/p-1. The maximum absolute atomic E-state index is 8.20. The molecule has 2 heterocycles. The molecule has 0 radical (unpaired) electrons. The Bertz CT molecular complexity index is 795. The van der Waals surface area contributed by atoms with Gasteiger partial charge in [0.2, 0.25) is 5.69 Å². The fourth-order valence-corrected chi connectivity index (χ4v) is 2.31. The molecule has 0 saturated heterocycles. The number of pyridine rings is 2. The van der Waals surface area contributed by atoms with Crippen molar-refractivity contribution in [3.8, 4) is 11.1 Å². The Morgan fingerprint density at radius 3 is 2.23 bits per heavy atom. The molecular weight excluding hydrogens is 552 g/mol. The lowest BCUT2D eigenvalue weighted by atomic mass is 10.1.